The standard InChI is InChI=1S/C40H64N8O19S/c1-5-6-7-8-26(50)65-30-29(66-38(43)56)28(51)24(17-49)64-36(30)63-21-14-23-32(52)40(15-21)31(46-39(57)67-40)27(34(54)44-11-9-20-10-12-47(16-20)37(41)42)48(23)35(55)22(13-19(2)3)45-33(53)25(61-4)18-62-68(58,59)60/h10,19,21-25,27-32,36,49,51-52H,5-9,11-18H2,1-4H3,(H3,41,42)(H2,43,56)(H,44,54)(H,45,53)(H,46,57)(H,58,59,60). The third kappa shape index (κ3) is 12.8. The van der Waals surface area contributed by atoms with Gasteiger partial charge in [-0.2, -0.15) is 8.42 Å². The van der Waals surface area contributed by atoms with E-state index in [9.17, 15) is 47.7 Å². The lowest BCUT2D eigenvalue weighted by Crippen LogP contribution is -2.80. The highest BCUT2D eigenvalue weighted by atomic mass is 32.3. The summed E-state index contributed by atoms with van der Waals surface area (Å²) in [5.74, 6) is -4.11. The topological polar surface area (TPSA) is 401 Å². The fraction of sp³-hybridized carbons (Fsp3) is 0.775. The molecule has 12 N–H and O–H groups in total. The highest BCUT2D eigenvalue weighted by Crippen LogP contribution is 2.48. The number of nitrogens with one attached hydrogen (secondary N) is 4. The predicted molar refractivity (Wildman–Crippen MR) is 230 cm³/mol. The molecule has 13 atom stereocenters. The number of fused-ring (bicyclic) bond motifs is 1. The number of unbranched alkanes of at least 4 members (excludes halogenated alkanes) is 2. The molecule has 5 amide bonds. The molecule has 1 saturated carbocycles. The van der Waals surface area contributed by atoms with Crippen molar-refractivity contribution in [2.75, 3.05) is 40.0 Å². The zero-order chi connectivity index (χ0) is 50.2. The number of ether oxygens (including phenoxy) is 6. The van der Waals surface area contributed by atoms with Crippen molar-refractivity contribution >= 4 is 52.2 Å². The van der Waals surface area contributed by atoms with Crippen LogP contribution < -0.4 is 27.4 Å². The Morgan fingerprint density at radius 2 is 1.84 bits per heavy atom. The number of nitrogens with two attached hydrogens (primary N) is 2. The molecule has 5 aliphatic rings. The van der Waals surface area contributed by atoms with Crippen LogP contribution in [0, 0.1) is 11.3 Å². The van der Waals surface area contributed by atoms with Crippen LogP contribution in [0.2, 0.25) is 0 Å². The minimum Gasteiger partial charge on any atom is -0.453 e. The van der Waals surface area contributed by atoms with Crippen molar-refractivity contribution in [2.45, 2.75) is 151 Å². The SMILES string of the molecule is CCCCCC(=O)OC1C(OC2CC3C(O)C4(C2)OC(=O)NC4C(C(=O)NCCC2=CCN(C(=N)N)C2)N3C(=O)C(CC(C)C)NC(=O)C(COS(=O)(=O)O)OC)OC(CO)C(O)C1OC(N)=O. The number of guanidine groups is 1. The van der Waals surface area contributed by atoms with Gasteiger partial charge in [0.05, 0.1) is 18.8 Å². The van der Waals surface area contributed by atoms with Crippen LogP contribution in [0.25, 0.3) is 0 Å². The maximum absolute atomic E-state index is 15.2. The Hall–Kier alpha value is -4.94. The number of esters is 1. The lowest BCUT2D eigenvalue weighted by molar-refractivity contribution is -0.323. The molecule has 0 aromatic rings. The summed E-state index contributed by atoms with van der Waals surface area (Å²) in [4.78, 5) is 84.7. The minimum absolute atomic E-state index is 0.00184. The first kappa shape index (κ1) is 54.0. The van der Waals surface area contributed by atoms with E-state index in [1.807, 2.05) is 13.0 Å². The van der Waals surface area contributed by atoms with Gasteiger partial charge in [0, 0.05) is 39.6 Å². The van der Waals surface area contributed by atoms with Crippen molar-refractivity contribution < 1.29 is 89.7 Å². The van der Waals surface area contributed by atoms with Crippen molar-refractivity contribution in [2.24, 2.45) is 17.4 Å². The van der Waals surface area contributed by atoms with Crippen LogP contribution in [0.1, 0.15) is 72.1 Å². The number of alkyl carbamates (subject to hydrolysis) is 1. The Morgan fingerprint density at radius 3 is 2.44 bits per heavy atom. The van der Waals surface area contributed by atoms with E-state index >= 15 is 4.79 Å². The van der Waals surface area contributed by atoms with Crippen LogP contribution in [-0.4, -0.2) is 199 Å². The molecule has 2 bridgehead atoms. The molecule has 27 nitrogen and oxygen atoms in total. The van der Waals surface area contributed by atoms with Crippen LogP contribution >= 0.6 is 0 Å². The summed E-state index contributed by atoms with van der Waals surface area (Å²) in [5.41, 5.74) is 9.80. The summed E-state index contributed by atoms with van der Waals surface area (Å²) < 4.78 is 70.3. The molecule has 4 aliphatic heterocycles. The maximum atomic E-state index is 15.2. The Labute approximate surface area is 392 Å². The van der Waals surface area contributed by atoms with Gasteiger partial charge in [-0.3, -0.25) is 29.1 Å². The van der Waals surface area contributed by atoms with E-state index in [0.29, 0.717) is 32.4 Å². The molecule has 68 heavy (non-hydrogen) atoms. The van der Waals surface area contributed by atoms with E-state index in [1.54, 1.807) is 18.7 Å². The second kappa shape index (κ2) is 23.1. The molecular weight excluding hydrogens is 929 g/mol. The summed E-state index contributed by atoms with van der Waals surface area (Å²) in [5, 5.41) is 49.2. The van der Waals surface area contributed by atoms with E-state index in [1.165, 1.54) is 0 Å². The Kier molecular flexibility index (Phi) is 18.4. The number of piperidine rings is 1. The molecule has 0 aromatic heterocycles. The first-order valence-electron chi connectivity index (χ1n) is 22.3. The number of amides is 5. The Bertz CT molecular complexity index is 2010. The van der Waals surface area contributed by atoms with Gasteiger partial charge < -0.3 is 81.0 Å². The van der Waals surface area contributed by atoms with Crippen LogP contribution in [0.3, 0.4) is 0 Å². The minimum atomic E-state index is -5.03. The maximum Gasteiger partial charge on any atom is 0.408 e. The van der Waals surface area contributed by atoms with Crippen LogP contribution in [-0.2, 0) is 62.2 Å². The highest BCUT2D eigenvalue weighted by Gasteiger charge is 2.70. The van der Waals surface area contributed by atoms with Gasteiger partial charge in [0.25, 0.3) is 5.91 Å². The lowest BCUT2D eigenvalue weighted by Gasteiger charge is -2.58. The summed E-state index contributed by atoms with van der Waals surface area (Å²) in [6.45, 7) is 4.21. The first-order valence-corrected chi connectivity index (χ1v) is 23.6. The number of methoxy groups -OCH3 is 1. The third-order valence-electron chi connectivity index (χ3n) is 12.5. The van der Waals surface area contributed by atoms with Gasteiger partial charge in [-0.1, -0.05) is 45.3 Å². The van der Waals surface area contributed by atoms with Gasteiger partial charge in [0.1, 0.15) is 43.0 Å². The van der Waals surface area contributed by atoms with E-state index < -0.39 is 145 Å². The normalized spacial score (nSPS) is 30.8. The van der Waals surface area contributed by atoms with Gasteiger partial charge in [-0.05, 0) is 31.6 Å². The fourth-order valence-corrected chi connectivity index (χ4v) is 9.60. The number of nitrogens with zero attached hydrogens (tertiary/aromatic N) is 2. The van der Waals surface area contributed by atoms with Crippen molar-refractivity contribution in [1.82, 2.24) is 25.8 Å². The van der Waals surface area contributed by atoms with Crippen LogP contribution in [0.5, 0.6) is 0 Å². The quantitative estimate of drug-likeness (QED) is 0.00982. The second-order valence-electron chi connectivity index (χ2n) is 17.7. The number of likely N-dealkylation sites (tertiary alicyclic amines) is 1. The summed E-state index contributed by atoms with van der Waals surface area (Å²) >= 11 is 0. The van der Waals surface area contributed by atoms with Gasteiger partial charge in [-0.15, -0.1) is 0 Å². The second-order valence-corrected chi connectivity index (χ2v) is 18.8. The summed E-state index contributed by atoms with van der Waals surface area (Å²) in [7, 11) is -3.98. The zero-order valence-corrected chi connectivity index (χ0v) is 39.0. The van der Waals surface area contributed by atoms with Gasteiger partial charge in [0.2, 0.25) is 11.8 Å². The molecule has 1 spiro atoms. The predicted octanol–water partition coefficient (Wildman–Crippen LogP) is -3.01. The number of primary amides is 1. The molecule has 1 aliphatic carbocycles. The largest absolute Gasteiger partial charge is 0.453 e. The molecule has 5 rings (SSSR count). The monoisotopic (exact) mass is 992 g/mol. The number of carbonyl (C=O) groups is 6. The number of carbonyl (C=O) groups excluding carboxylic acids is 6. The van der Waals surface area contributed by atoms with Crippen LogP contribution in [0.4, 0.5) is 9.59 Å². The molecule has 0 aromatic carbocycles. The molecular formula is C40H64N8O19S. The molecule has 0 radical (unpaired) electrons. The number of hydrogen-bond acceptors (Lipinski definition) is 19. The summed E-state index contributed by atoms with van der Waals surface area (Å²) in [6.07, 6.45) is -12.6. The Morgan fingerprint density at radius 1 is 1.12 bits per heavy atom. The van der Waals surface area contributed by atoms with Crippen molar-refractivity contribution in [3.05, 3.63) is 11.6 Å². The Balaban J connectivity index is 1.54. The number of rotatable bonds is 22. The van der Waals surface area contributed by atoms with Gasteiger partial charge in [-0.25, -0.2) is 13.8 Å². The smallest absolute Gasteiger partial charge is 0.408 e. The molecule has 13 unspecified atom stereocenters. The van der Waals surface area contributed by atoms with E-state index in [2.05, 4.69) is 20.1 Å². The summed E-state index contributed by atoms with van der Waals surface area (Å²) in [6, 6.07) is -6.17. The zero-order valence-electron chi connectivity index (χ0n) is 38.1. The average molecular weight is 993 g/mol. The molecule has 28 heteroatoms. The van der Waals surface area contributed by atoms with E-state index in [-0.39, 0.29) is 37.7 Å². The van der Waals surface area contributed by atoms with E-state index in [4.69, 9.17) is 49.9 Å². The molecule has 4 fully saturated rings. The van der Waals surface area contributed by atoms with Gasteiger partial charge >= 0.3 is 28.6 Å². The number of aliphatic hydroxyl groups excluding tert-OH is 3. The third-order valence-corrected chi connectivity index (χ3v) is 12.9. The molecule has 384 valence electrons. The average Bonchev–Trinajstić information content (AvgIpc) is 3.86. The van der Waals surface area contributed by atoms with Gasteiger partial charge in [0.15, 0.2) is 36.2 Å². The fourth-order valence-electron chi connectivity index (χ4n) is 9.30. The lowest BCUT2D eigenvalue weighted by atomic mass is 9.66. The van der Waals surface area contributed by atoms with Crippen molar-refractivity contribution in [3.8, 4) is 0 Å². The van der Waals surface area contributed by atoms with Crippen LogP contribution in [0.15, 0.2) is 11.6 Å². The van der Waals surface area contributed by atoms with Crippen molar-refractivity contribution in [3.63, 3.8) is 0 Å². The first-order chi connectivity index (χ1) is 32.0. The number of aliphatic hydroxyl groups is 3. The highest BCUT2D eigenvalue weighted by molar-refractivity contribution is 7.80. The number of hydrogen-bond donors (Lipinski definition) is 10. The van der Waals surface area contributed by atoms with Crippen molar-refractivity contribution in [1.29, 1.82) is 5.41 Å². The molecule has 3 saturated heterocycles. The molecule has 4 heterocycles. The van der Waals surface area contributed by atoms with E-state index in [0.717, 1.165) is 24.0 Å².